The fourth-order valence-electron chi connectivity index (χ4n) is 2.46. The van der Waals surface area contributed by atoms with Crippen LogP contribution in [0.1, 0.15) is 29.8 Å². The first-order valence-corrected chi connectivity index (χ1v) is 11.0. The summed E-state index contributed by atoms with van der Waals surface area (Å²) in [6.45, 7) is 4.42. The smallest absolute Gasteiger partial charge is 0.324 e. The molecule has 0 aliphatic carbocycles. The van der Waals surface area contributed by atoms with Crippen LogP contribution in [0.3, 0.4) is 0 Å². The fourth-order valence-corrected chi connectivity index (χ4v) is 3.79. The van der Waals surface area contributed by atoms with Crippen molar-refractivity contribution >= 4 is 27.8 Å². The summed E-state index contributed by atoms with van der Waals surface area (Å²) in [7, 11) is -3.97. The highest BCUT2D eigenvalue weighted by atomic mass is 32.2. The summed E-state index contributed by atoms with van der Waals surface area (Å²) in [5, 5.41) is 0. The van der Waals surface area contributed by atoms with Crippen LogP contribution in [-0.2, 0) is 24.3 Å². The standard InChI is InChI=1S/C21H25N3O6S/c1-14(2)19(24-31(28,29)17-11-9-15(3)10-12-17)21(27)30-13-18(25)22-23-20(26)16-7-5-4-6-8-16/h4-12,14,19,24H,13H2,1-3H3,(H,22,25)(H,23,26)/t19-/m0/s1. The van der Waals surface area contributed by atoms with Crippen LogP contribution in [0.15, 0.2) is 59.5 Å². The highest BCUT2D eigenvalue weighted by Gasteiger charge is 2.30. The maximum Gasteiger partial charge on any atom is 0.324 e. The number of esters is 1. The van der Waals surface area contributed by atoms with E-state index in [1.807, 2.05) is 6.92 Å². The number of hydrogen-bond donors (Lipinski definition) is 3. The lowest BCUT2D eigenvalue weighted by Gasteiger charge is -2.20. The molecule has 0 fully saturated rings. The van der Waals surface area contributed by atoms with Gasteiger partial charge in [0, 0.05) is 5.56 Å². The second kappa shape index (κ2) is 10.7. The molecule has 2 aromatic carbocycles. The predicted molar refractivity (Wildman–Crippen MR) is 113 cm³/mol. The van der Waals surface area contributed by atoms with E-state index >= 15 is 0 Å². The van der Waals surface area contributed by atoms with Crippen molar-refractivity contribution in [2.24, 2.45) is 5.92 Å². The lowest BCUT2D eigenvalue weighted by atomic mass is 10.1. The Hall–Kier alpha value is -3.24. The van der Waals surface area contributed by atoms with Gasteiger partial charge in [0.1, 0.15) is 6.04 Å². The molecule has 10 heteroatoms. The third-order valence-electron chi connectivity index (χ3n) is 4.23. The van der Waals surface area contributed by atoms with E-state index in [-0.39, 0.29) is 4.90 Å². The van der Waals surface area contributed by atoms with E-state index in [0.717, 1.165) is 5.56 Å². The van der Waals surface area contributed by atoms with E-state index < -0.39 is 46.4 Å². The number of hydrogen-bond acceptors (Lipinski definition) is 6. The van der Waals surface area contributed by atoms with Crippen LogP contribution in [0.4, 0.5) is 0 Å². The van der Waals surface area contributed by atoms with Crippen LogP contribution in [0, 0.1) is 12.8 Å². The van der Waals surface area contributed by atoms with Crippen molar-refractivity contribution < 1.29 is 27.5 Å². The van der Waals surface area contributed by atoms with Crippen molar-refractivity contribution in [3.05, 3.63) is 65.7 Å². The van der Waals surface area contributed by atoms with E-state index in [4.69, 9.17) is 4.74 Å². The SMILES string of the molecule is Cc1ccc(S(=O)(=O)N[C@H](C(=O)OCC(=O)NNC(=O)c2ccccc2)C(C)C)cc1. The van der Waals surface area contributed by atoms with Gasteiger partial charge in [0.2, 0.25) is 10.0 Å². The number of nitrogens with one attached hydrogen (secondary N) is 3. The van der Waals surface area contributed by atoms with Crippen molar-refractivity contribution in [1.82, 2.24) is 15.6 Å². The Kier molecular flexibility index (Phi) is 8.29. The van der Waals surface area contributed by atoms with Gasteiger partial charge in [0.05, 0.1) is 4.90 Å². The van der Waals surface area contributed by atoms with Crippen molar-refractivity contribution in [2.75, 3.05) is 6.61 Å². The minimum atomic E-state index is -3.97. The van der Waals surface area contributed by atoms with Gasteiger partial charge in [-0.05, 0) is 37.1 Å². The monoisotopic (exact) mass is 447 g/mol. The van der Waals surface area contributed by atoms with Gasteiger partial charge in [0.25, 0.3) is 11.8 Å². The van der Waals surface area contributed by atoms with Crippen molar-refractivity contribution in [3.8, 4) is 0 Å². The van der Waals surface area contributed by atoms with Gasteiger partial charge in [-0.15, -0.1) is 0 Å². The fraction of sp³-hybridized carbons (Fsp3) is 0.286. The second-order valence-electron chi connectivity index (χ2n) is 7.13. The van der Waals surface area contributed by atoms with Gasteiger partial charge in [-0.25, -0.2) is 8.42 Å². The Morgan fingerprint density at radius 1 is 0.935 bits per heavy atom. The molecule has 166 valence electrons. The second-order valence-corrected chi connectivity index (χ2v) is 8.85. The minimum absolute atomic E-state index is 0.0120. The minimum Gasteiger partial charge on any atom is -0.454 e. The number of carbonyl (C=O) groups is 3. The summed E-state index contributed by atoms with van der Waals surface area (Å²) in [5.41, 5.74) is 5.56. The van der Waals surface area contributed by atoms with Gasteiger partial charge in [-0.2, -0.15) is 4.72 Å². The number of sulfonamides is 1. The molecule has 0 aliphatic rings. The van der Waals surface area contributed by atoms with Gasteiger partial charge < -0.3 is 4.74 Å². The van der Waals surface area contributed by atoms with E-state index in [9.17, 15) is 22.8 Å². The van der Waals surface area contributed by atoms with E-state index in [2.05, 4.69) is 15.6 Å². The molecule has 1 atom stereocenters. The van der Waals surface area contributed by atoms with Gasteiger partial charge in [0.15, 0.2) is 6.61 Å². The molecule has 0 aliphatic heterocycles. The van der Waals surface area contributed by atoms with Crippen LogP contribution in [0.2, 0.25) is 0 Å². The zero-order valence-corrected chi connectivity index (χ0v) is 18.2. The molecule has 0 saturated carbocycles. The number of benzene rings is 2. The Labute approximate surface area is 181 Å². The largest absolute Gasteiger partial charge is 0.454 e. The third kappa shape index (κ3) is 7.19. The van der Waals surface area contributed by atoms with Crippen LogP contribution in [-0.4, -0.2) is 38.9 Å². The number of rotatable bonds is 8. The zero-order chi connectivity index (χ0) is 23.0. The van der Waals surface area contributed by atoms with E-state index in [0.29, 0.717) is 5.56 Å². The van der Waals surface area contributed by atoms with Crippen LogP contribution in [0.5, 0.6) is 0 Å². The summed E-state index contributed by atoms with van der Waals surface area (Å²) in [6.07, 6.45) is 0. The molecule has 0 spiro atoms. The lowest BCUT2D eigenvalue weighted by Crippen LogP contribution is -2.47. The highest BCUT2D eigenvalue weighted by Crippen LogP contribution is 2.13. The molecule has 0 aromatic heterocycles. The molecule has 0 radical (unpaired) electrons. The highest BCUT2D eigenvalue weighted by molar-refractivity contribution is 7.89. The predicted octanol–water partition coefficient (Wildman–Crippen LogP) is 1.30. The Morgan fingerprint density at radius 3 is 2.13 bits per heavy atom. The quantitative estimate of drug-likeness (QED) is 0.413. The number of aryl methyl sites for hydroxylation is 1. The van der Waals surface area contributed by atoms with Gasteiger partial charge >= 0.3 is 5.97 Å². The summed E-state index contributed by atoms with van der Waals surface area (Å²) in [6, 6.07) is 13.2. The first-order chi connectivity index (χ1) is 14.6. The number of carbonyl (C=O) groups excluding carboxylic acids is 3. The van der Waals surface area contributed by atoms with Crippen molar-refractivity contribution in [2.45, 2.75) is 31.7 Å². The first-order valence-electron chi connectivity index (χ1n) is 9.50. The van der Waals surface area contributed by atoms with Crippen LogP contribution < -0.4 is 15.6 Å². The summed E-state index contributed by atoms with van der Waals surface area (Å²) in [5.74, 6) is -2.66. The number of hydrazine groups is 1. The normalized spacial score (nSPS) is 12.1. The van der Waals surface area contributed by atoms with Gasteiger partial charge in [-0.1, -0.05) is 49.7 Å². The molecule has 2 amide bonds. The molecule has 0 unspecified atom stereocenters. The molecule has 2 rings (SSSR count). The van der Waals surface area contributed by atoms with Gasteiger partial charge in [-0.3, -0.25) is 25.2 Å². The number of ether oxygens (including phenoxy) is 1. The molecule has 2 aromatic rings. The van der Waals surface area contributed by atoms with E-state index in [1.54, 1.807) is 56.3 Å². The maximum absolute atomic E-state index is 12.6. The third-order valence-corrected chi connectivity index (χ3v) is 5.69. The number of amides is 2. The van der Waals surface area contributed by atoms with Crippen molar-refractivity contribution in [3.63, 3.8) is 0 Å². The summed E-state index contributed by atoms with van der Waals surface area (Å²) >= 11 is 0. The molecule has 0 saturated heterocycles. The zero-order valence-electron chi connectivity index (χ0n) is 17.4. The summed E-state index contributed by atoms with van der Waals surface area (Å²) < 4.78 is 32.4. The molecule has 9 nitrogen and oxygen atoms in total. The van der Waals surface area contributed by atoms with E-state index in [1.165, 1.54) is 12.1 Å². The first kappa shape index (κ1) is 24.0. The van der Waals surface area contributed by atoms with Crippen molar-refractivity contribution in [1.29, 1.82) is 0 Å². The molecule has 0 heterocycles. The summed E-state index contributed by atoms with van der Waals surface area (Å²) in [4.78, 5) is 36.2. The molecule has 31 heavy (non-hydrogen) atoms. The Bertz CT molecular complexity index is 1020. The Balaban J connectivity index is 1.91. The Morgan fingerprint density at radius 2 is 1.55 bits per heavy atom. The topological polar surface area (TPSA) is 131 Å². The average molecular weight is 448 g/mol. The molecular formula is C21H25N3O6S. The molecular weight excluding hydrogens is 422 g/mol. The lowest BCUT2D eigenvalue weighted by molar-refractivity contribution is -0.151. The average Bonchev–Trinajstić information content (AvgIpc) is 2.74. The molecule has 3 N–H and O–H groups in total. The van der Waals surface area contributed by atoms with Crippen LogP contribution >= 0.6 is 0 Å². The molecule has 0 bridgehead atoms. The maximum atomic E-state index is 12.6. The van der Waals surface area contributed by atoms with Crippen LogP contribution in [0.25, 0.3) is 0 Å².